The highest BCUT2D eigenvalue weighted by atomic mass is 32.1. The Balaban J connectivity index is 1.55. The number of aryl methyl sites for hydroxylation is 1. The third kappa shape index (κ3) is 4.90. The molecule has 5 heteroatoms. The lowest BCUT2D eigenvalue weighted by atomic mass is 10.1. The maximum atomic E-state index is 5.39. The maximum Gasteiger partial charge on any atom is 0.172 e. The standard InChI is InChI=1S/C20H22N4S/c1-15-8-10-17(11-9-15)14-24-13-12-19(23-24)22-20(25)21-16(2)18-6-4-3-5-7-18/h3-13,16H,14H2,1-2H3,(H2,21,22,23,25). The number of benzene rings is 2. The van der Waals surface area contributed by atoms with Gasteiger partial charge in [-0.3, -0.25) is 4.68 Å². The van der Waals surface area contributed by atoms with Crippen LogP contribution in [0.15, 0.2) is 66.9 Å². The van der Waals surface area contributed by atoms with Gasteiger partial charge < -0.3 is 10.6 Å². The van der Waals surface area contributed by atoms with Crippen LogP contribution in [0, 0.1) is 6.92 Å². The molecule has 4 nitrogen and oxygen atoms in total. The van der Waals surface area contributed by atoms with E-state index in [1.807, 2.05) is 35.1 Å². The van der Waals surface area contributed by atoms with E-state index in [9.17, 15) is 0 Å². The van der Waals surface area contributed by atoms with Crippen molar-refractivity contribution < 1.29 is 0 Å². The molecule has 0 spiro atoms. The molecule has 0 radical (unpaired) electrons. The molecule has 0 aliphatic heterocycles. The van der Waals surface area contributed by atoms with Crippen molar-refractivity contribution >= 4 is 23.1 Å². The Bertz CT molecular complexity index is 824. The van der Waals surface area contributed by atoms with E-state index in [4.69, 9.17) is 12.2 Å². The number of aromatic nitrogens is 2. The minimum atomic E-state index is 0.135. The number of hydrogen-bond acceptors (Lipinski definition) is 2. The number of nitrogens with one attached hydrogen (secondary N) is 2. The second-order valence-corrected chi connectivity index (χ2v) is 6.52. The molecule has 0 saturated carbocycles. The summed E-state index contributed by atoms with van der Waals surface area (Å²) in [4.78, 5) is 0. The highest BCUT2D eigenvalue weighted by Crippen LogP contribution is 2.12. The number of rotatable bonds is 5. The van der Waals surface area contributed by atoms with Crippen LogP contribution in [0.4, 0.5) is 5.82 Å². The van der Waals surface area contributed by atoms with Crippen molar-refractivity contribution in [1.82, 2.24) is 15.1 Å². The largest absolute Gasteiger partial charge is 0.356 e. The van der Waals surface area contributed by atoms with E-state index in [0.717, 1.165) is 12.4 Å². The molecule has 0 aliphatic carbocycles. The topological polar surface area (TPSA) is 41.9 Å². The molecule has 2 aromatic carbocycles. The molecule has 0 bridgehead atoms. The molecule has 1 unspecified atom stereocenters. The van der Waals surface area contributed by atoms with Gasteiger partial charge in [-0.2, -0.15) is 5.10 Å². The minimum absolute atomic E-state index is 0.135. The predicted molar refractivity (Wildman–Crippen MR) is 107 cm³/mol. The highest BCUT2D eigenvalue weighted by molar-refractivity contribution is 7.80. The van der Waals surface area contributed by atoms with Crippen LogP contribution in [0.1, 0.15) is 29.7 Å². The van der Waals surface area contributed by atoms with Gasteiger partial charge in [0.25, 0.3) is 0 Å². The summed E-state index contributed by atoms with van der Waals surface area (Å²) < 4.78 is 1.90. The summed E-state index contributed by atoms with van der Waals surface area (Å²) in [5.74, 6) is 0.741. The third-order valence-electron chi connectivity index (χ3n) is 3.99. The summed E-state index contributed by atoms with van der Waals surface area (Å²) in [7, 11) is 0. The van der Waals surface area contributed by atoms with Crippen molar-refractivity contribution in [1.29, 1.82) is 0 Å². The Hall–Kier alpha value is -2.66. The predicted octanol–water partition coefficient (Wildman–Crippen LogP) is 4.29. The fourth-order valence-electron chi connectivity index (χ4n) is 2.57. The minimum Gasteiger partial charge on any atom is -0.356 e. The van der Waals surface area contributed by atoms with Crippen LogP contribution in [0.3, 0.4) is 0 Å². The molecule has 128 valence electrons. The molecular formula is C20H22N4S. The highest BCUT2D eigenvalue weighted by Gasteiger charge is 2.08. The first-order chi connectivity index (χ1) is 12.1. The zero-order valence-corrected chi connectivity index (χ0v) is 15.3. The van der Waals surface area contributed by atoms with Gasteiger partial charge in [0, 0.05) is 12.3 Å². The monoisotopic (exact) mass is 350 g/mol. The quantitative estimate of drug-likeness (QED) is 0.674. The Morgan fingerprint density at radius 1 is 1.08 bits per heavy atom. The first-order valence-electron chi connectivity index (χ1n) is 8.31. The molecule has 0 amide bonds. The van der Waals surface area contributed by atoms with Gasteiger partial charge >= 0.3 is 0 Å². The van der Waals surface area contributed by atoms with Crippen LogP contribution < -0.4 is 10.6 Å². The summed E-state index contributed by atoms with van der Waals surface area (Å²) >= 11 is 5.39. The van der Waals surface area contributed by atoms with Gasteiger partial charge in [-0.15, -0.1) is 0 Å². The third-order valence-corrected chi connectivity index (χ3v) is 4.21. The van der Waals surface area contributed by atoms with Crippen molar-refractivity contribution in [3.63, 3.8) is 0 Å². The summed E-state index contributed by atoms with van der Waals surface area (Å²) in [6.45, 7) is 4.91. The van der Waals surface area contributed by atoms with Crippen molar-refractivity contribution in [2.45, 2.75) is 26.4 Å². The molecule has 1 heterocycles. The first kappa shape index (κ1) is 17.2. The second kappa shape index (κ2) is 7.94. The smallest absolute Gasteiger partial charge is 0.172 e. The van der Waals surface area contributed by atoms with Gasteiger partial charge in [0.05, 0.1) is 12.6 Å². The lowest BCUT2D eigenvalue weighted by Crippen LogP contribution is -2.31. The Morgan fingerprint density at radius 2 is 1.80 bits per heavy atom. The van der Waals surface area contributed by atoms with E-state index in [2.05, 4.69) is 66.0 Å². The molecule has 1 aromatic heterocycles. The summed E-state index contributed by atoms with van der Waals surface area (Å²) in [6.07, 6.45) is 1.95. The fraction of sp³-hybridized carbons (Fsp3) is 0.200. The maximum absolute atomic E-state index is 5.39. The molecule has 3 rings (SSSR count). The summed E-state index contributed by atoms with van der Waals surface area (Å²) in [5.41, 5.74) is 3.67. The van der Waals surface area contributed by atoms with Crippen LogP contribution in [0.5, 0.6) is 0 Å². The molecule has 3 aromatic rings. The van der Waals surface area contributed by atoms with E-state index in [-0.39, 0.29) is 6.04 Å². The van der Waals surface area contributed by atoms with Gasteiger partial charge in [-0.1, -0.05) is 60.2 Å². The Morgan fingerprint density at radius 3 is 2.52 bits per heavy atom. The van der Waals surface area contributed by atoms with E-state index in [1.165, 1.54) is 16.7 Å². The van der Waals surface area contributed by atoms with Crippen molar-refractivity contribution in [2.75, 3.05) is 5.32 Å². The normalized spacial score (nSPS) is 11.8. The fourth-order valence-corrected chi connectivity index (χ4v) is 2.85. The second-order valence-electron chi connectivity index (χ2n) is 6.11. The first-order valence-corrected chi connectivity index (χ1v) is 8.72. The Kier molecular flexibility index (Phi) is 5.46. The molecule has 2 N–H and O–H groups in total. The molecule has 0 fully saturated rings. The number of thiocarbonyl (C=S) groups is 1. The van der Waals surface area contributed by atoms with Gasteiger partial charge in [0.2, 0.25) is 0 Å². The Labute approximate surface area is 153 Å². The molecular weight excluding hydrogens is 328 g/mol. The van der Waals surface area contributed by atoms with Crippen molar-refractivity contribution in [3.05, 3.63) is 83.6 Å². The number of hydrogen-bond donors (Lipinski definition) is 2. The summed E-state index contributed by atoms with van der Waals surface area (Å²) in [5, 5.41) is 11.5. The average molecular weight is 350 g/mol. The van der Waals surface area contributed by atoms with E-state index in [0.29, 0.717) is 5.11 Å². The van der Waals surface area contributed by atoms with Crippen LogP contribution in [-0.2, 0) is 6.54 Å². The van der Waals surface area contributed by atoms with Crippen molar-refractivity contribution in [2.24, 2.45) is 0 Å². The molecule has 1 atom stereocenters. The van der Waals surface area contributed by atoms with Gasteiger partial charge in [-0.25, -0.2) is 0 Å². The SMILES string of the molecule is Cc1ccc(Cn2ccc(NC(=S)NC(C)c3ccccc3)n2)cc1. The van der Waals surface area contributed by atoms with E-state index < -0.39 is 0 Å². The van der Waals surface area contributed by atoms with Gasteiger partial charge in [0.1, 0.15) is 0 Å². The molecule has 0 saturated heterocycles. The summed E-state index contributed by atoms with van der Waals surface area (Å²) in [6, 6.07) is 20.7. The molecule has 0 aliphatic rings. The van der Waals surface area contributed by atoms with Gasteiger partial charge in [0.15, 0.2) is 10.9 Å². The average Bonchev–Trinajstić information content (AvgIpc) is 3.04. The molecule has 25 heavy (non-hydrogen) atoms. The van der Waals surface area contributed by atoms with Crippen molar-refractivity contribution in [3.8, 4) is 0 Å². The lowest BCUT2D eigenvalue weighted by molar-refractivity contribution is 0.688. The van der Waals surface area contributed by atoms with E-state index >= 15 is 0 Å². The lowest BCUT2D eigenvalue weighted by Gasteiger charge is -2.16. The van der Waals surface area contributed by atoms with Crippen LogP contribution >= 0.6 is 12.2 Å². The van der Waals surface area contributed by atoms with Gasteiger partial charge in [-0.05, 0) is 37.2 Å². The zero-order chi connectivity index (χ0) is 17.6. The zero-order valence-electron chi connectivity index (χ0n) is 14.4. The van der Waals surface area contributed by atoms with Crippen LogP contribution in [0.25, 0.3) is 0 Å². The number of nitrogens with zero attached hydrogens (tertiary/aromatic N) is 2. The van der Waals surface area contributed by atoms with Crippen LogP contribution in [0.2, 0.25) is 0 Å². The van der Waals surface area contributed by atoms with Crippen LogP contribution in [-0.4, -0.2) is 14.9 Å². The van der Waals surface area contributed by atoms with E-state index in [1.54, 1.807) is 0 Å². The number of anilines is 1.